The molecule has 0 fully saturated rings. The molecule has 0 saturated carbocycles. The minimum Gasteiger partial charge on any atom is -0.481 e. The minimum atomic E-state index is -0.844. The van der Waals surface area contributed by atoms with Crippen LogP contribution >= 0.6 is 0 Å². The van der Waals surface area contributed by atoms with E-state index in [9.17, 15) is 9.59 Å². The molecule has 0 aliphatic heterocycles. The maximum atomic E-state index is 11.6. The summed E-state index contributed by atoms with van der Waals surface area (Å²) < 4.78 is 5.16. The van der Waals surface area contributed by atoms with Gasteiger partial charge < -0.3 is 9.84 Å². The maximum Gasteiger partial charge on any atom is 0.306 e. The number of ether oxygens (including phenoxy) is 1. The third kappa shape index (κ3) is 4.78. The van der Waals surface area contributed by atoms with Gasteiger partial charge in [-0.2, -0.15) is 0 Å². The number of Topliss-reactive ketones (excluding diaryl/α,β-unsaturated/α-hetero) is 1. The number of carboxylic acid groups (broad SMARTS) is 1. The lowest BCUT2D eigenvalue weighted by molar-refractivity contribution is -0.141. The van der Waals surface area contributed by atoms with E-state index in [1.165, 1.54) is 0 Å². The molecule has 17 heavy (non-hydrogen) atoms. The molecule has 0 radical (unpaired) electrons. The Bertz CT molecular complexity index is 372. The Kier molecular flexibility index (Phi) is 5.36. The van der Waals surface area contributed by atoms with E-state index in [0.29, 0.717) is 12.0 Å². The van der Waals surface area contributed by atoms with Gasteiger partial charge in [0.1, 0.15) is 6.61 Å². The Hall–Kier alpha value is -1.68. The number of hydrogen-bond acceptors (Lipinski definition) is 3. The lowest BCUT2D eigenvalue weighted by Crippen LogP contribution is -2.15. The molecule has 1 atom stereocenters. The molecule has 0 aliphatic carbocycles. The quantitative estimate of drug-likeness (QED) is 0.581. The number of carboxylic acids is 1. The lowest BCUT2D eigenvalue weighted by atomic mass is 10.1. The summed E-state index contributed by atoms with van der Waals surface area (Å²) in [7, 11) is 0. The predicted octanol–water partition coefficient (Wildman–Crippen LogP) is 2.00. The van der Waals surface area contributed by atoms with Crippen molar-refractivity contribution in [2.75, 3.05) is 13.2 Å². The second-order valence-electron chi connectivity index (χ2n) is 3.87. The summed E-state index contributed by atoms with van der Waals surface area (Å²) in [6.07, 6.45) is 0.414. The van der Waals surface area contributed by atoms with Crippen LogP contribution in [0, 0.1) is 5.92 Å². The van der Waals surface area contributed by atoms with Crippen LogP contribution in [-0.4, -0.2) is 30.1 Å². The number of benzene rings is 1. The third-order valence-electron chi connectivity index (χ3n) is 2.45. The van der Waals surface area contributed by atoms with Crippen molar-refractivity contribution < 1.29 is 19.4 Å². The van der Waals surface area contributed by atoms with Crippen molar-refractivity contribution in [2.24, 2.45) is 5.92 Å². The van der Waals surface area contributed by atoms with E-state index in [1.807, 2.05) is 6.07 Å². The number of ketones is 1. The first kappa shape index (κ1) is 13.4. The van der Waals surface area contributed by atoms with E-state index in [2.05, 4.69) is 0 Å². The van der Waals surface area contributed by atoms with Crippen molar-refractivity contribution in [1.82, 2.24) is 0 Å². The van der Waals surface area contributed by atoms with E-state index in [1.54, 1.807) is 31.2 Å². The molecule has 0 aromatic heterocycles. The molecule has 1 aromatic carbocycles. The fourth-order valence-electron chi connectivity index (χ4n) is 1.26. The van der Waals surface area contributed by atoms with E-state index in [-0.39, 0.29) is 19.0 Å². The molecule has 0 aliphatic rings. The molecule has 0 amide bonds. The van der Waals surface area contributed by atoms with Crippen molar-refractivity contribution in [3.63, 3.8) is 0 Å². The lowest BCUT2D eigenvalue weighted by Gasteiger charge is -2.06. The van der Waals surface area contributed by atoms with Crippen molar-refractivity contribution in [2.45, 2.75) is 13.3 Å². The zero-order chi connectivity index (χ0) is 12.7. The zero-order valence-corrected chi connectivity index (χ0v) is 9.76. The van der Waals surface area contributed by atoms with Gasteiger partial charge in [-0.15, -0.1) is 0 Å². The van der Waals surface area contributed by atoms with E-state index >= 15 is 0 Å². The van der Waals surface area contributed by atoms with E-state index in [4.69, 9.17) is 9.84 Å². The first-order valence-corrected chi connectivity index (χ1v) is 5.50. The number of rotatable bonds is 7. The van der Waals surface area contributed by atoms with Gasteiger partial charge in [0, 0.05) is 12.2 Å². The first-order valence-electron chi connectivity index (χ1n) is 5.50. The standard InChI is InChI=1S/C13H16O4/c1-10(13(15)16)7-8-17-9-12(14)11-5-3-2-4-6-11/h2-6,10H,7-9H2,1H3,(H,15,16). The molecule has 4 nitrogen and oxygen atoms in total. The molecular formula is C13H16O4. The fourth-order valence-corrected chi connectivity index (χ4v) is 1.26. The molecule has 4 heteroatoms. The van der Waals surface area contributed by atoms with Crippen molar-refractivity contribution in [3.05, 3.63) is 35.9 Å². The molecule has 0 heterocycles. The third-order valence-corrected chi connectivity index (χ3v) is 2.45. The van der Waals surface area contributed by atoms with Gasteiger partial charge in [0.25, 0.3) is 0 Å². The SMILES string of the molecule is CC(CCOCC(=O)c1ccccc1)C(=O)O. The Morgan fingerprint density at radius 2 is 1.94 bits per heavy atom. The average Bonchev–Trinajstić information content (AvgIpc) is 2.35. The summed E-state index contributed by atoms with van der Waals surface area (Å²) >= 11 is 0. The van der Waals surface area contributed by atoms with Gasteiger partial charge in [-0.05, 0) is 6.42 Å². The monoisotopic (exact) mass is 236 g/mol. The number of carbonyl (C=O) groups excluding carboxylic acids is 1. The van der Waals surface area contributed by atoms with Gasteiger partial charge >= 0.3 is 5.97 Å². The number of carbonyl (C=O) groups is 2. The summed E-state index contributed by atoms with van der Waals surface area (Å²) in [5.41, 5.74) is 0.610. The van der Waals surface area contributed by atoms with Gasteiger partial charge in [0.15, 0.2) is 5.78 Å². The largest absolute Gasteiger partial charge is 0.481 e. The van der Waals surface area contributed by atoms with E-state index in [0.717, 1.165) is 0 Å². The molecule has 0 saturated heterocycles. The van der Waals surface area contributed by atoms with Crippen LogP contribution < -0.4 is 0 Å². The molecule has 1 N–H and O–H groups in total. The minimum absolute atomic E-state index is 0.00362. The summed E-state index contributed by atoms with van der Waals surface area (Å²) in [6, 6.07) is 8.88. The van der Waals surface area contributed by atoms with E-state index < -0.39 is 11.9 Å². The number of aliphatic carboxylic acids is 1. The van der Waals surface area contributed by atoms with Gasteiger partial charge in [0.2, 0.25) is 0 Å². The van der Waals surface area contributed by atoms with Crippen LogP contribution in [0.2, 0.25) is 0 Å². The predicted molar refractivity (Wildman–Crippen MR) is 63.0 cm³/mol. The summed E-state index contributed by atoms with van der Waals surface area (Å²) in [5, 5.41) is 8.65. The van der Waals surface area contributed by atoms with Gasteiger partial charge in [-0.3, -0.25) is 9.59 Å². The normalized spacial score (nSPS) is 12.1. The second kappa shape index (κ2) is 6.81. The second-order valence-corrected chi connectivity index (χ2v) is 3.87. The molecule has 92 valence electrons. The number of hydrogen-bond donors (Lipinski definition) is 1. The molecule has 0 bridgehead atoms. The van der Waals surface area contributed by atoms with Crippen LogP contribution in [-0.2, 0) is 9.53 Å². The average molecular weight is 236 g/mol. The van der Waals surface area contributed by atoms with Crippen LogP contribution in [0.3, 0.4) is 0 Å². The fraction of sp³-hybridized carbons (Fsp3) is 0.385. The molecular weight excluding hydrogens is 220 g/mol. The Morgan fingerprint density at radius 1 is 1.29 bits per heavy atom. The van der Waals surface area contributed by atoms with Gasteiger partial charge in [0.05, 0.1) is 5.92 Å². The molecule has 0 spiro atoms. The van der Waals surface area contributed by atoms with Crippen molar-refractivity contribution >= 4 is 11.8 Å². The highest BCUT2D eigenvalue weighted by Crippen LogP contribution is 2.03. The van der Waals surface area contributed by atoms with Crippen molar-refractivity contribution in [3.8, 4) is 0 Å². The Labute approximate surface area is 100 Å². The summed E-state index contributed by atoms with van der Waals surface area (Å²) in [5.74, 6) is -1.38. The maximum absolute atomic E-state index is 11.6. The molecule has 1 rings (SSSR count). The van der Waals surface area contributed by atoms with Gasteiger partial charge in [-0.1, -0.05) is 37.3 Å². The Balaban J connectivity index is 2.24. The van der Waals surface area contributed by atoms with Crippen LogP contribution in [0.5, 0.6) is 0 Å². The first-order chi connectivity index (χ1) is 8.11. The molecule has 1 aromatic rings. The Morgan fingerprint density at radius 3 is 2.53 bits per heavy atom. The van der Waals surface area contributed by atoms with Crippen LogP contribution in [0.1, 0.15) is 23.7 Å². The van der Waals surface area contributed by atoms with Gasteiger partial charge in [-0.25, -0.2) is 0 Å². The van der Waals surface area contributed by atoms with Crippen molar-refractivity contribution in [1.29, 1.82) is 0 Å². The highest BCUT2D eigenvalue weighted by Gasteiger charge is 2.11. The van der Waals surface area contributed by atoms with Crippen LogP contribution in [0.25, 0.3) is 0 Å². The smallest absolute Gasteiger partial charge is 0.306 e. The summed E-state index contributed by atoms with van der Waals surface area (Å²) in [4.78, 5) is 22.1. The zero-order valence-electron chi connectivity index (χ0n) is 9.76. The van der Waals surface area contributed by atoms with Crippen LogP contribution in [0.4, 0.5) is 0 Å². The summed E-state index contributed by atoms with van der Waals surface area (Å²) in [6.45, 7) is 1.90. The highest BCUT2D eigenvalue weighted by atomic mass is 16.5. The van der Waals surface area contributed by atoms with Crippen LogP contribution in [0.15, 0.2) is 30.3 Å². The highest BCUT2D eigenvalue weighted by molar-refractivity contribution is 5.96. The topological polar surface area (TPSA) is 63.6 Å². The molecule has 1 unspecified atom stereocenters.